The number of anilines is 1. The average Bonchev–Trinajstić information content (AvgIpc) is 3.10. The molecule has 1 aromatic rings. The molecule has 2 atom stereocenters. The minimum absolute atomic E-state index is 0.134. The molecule has 2 bridgehead atoms. The first-order chi connectivity index (χ1) is 11.3. The number of Topliss-reactive ketones (excluding diaryl/α,β-unsaturated/α-hetero) is 1. The molecule has 0 aromatic heterocycles. The number of fused-ring (bicyclic) bond motifs is 3. The SMILES string of the molecule is CC12CCC(C(=O)N3CCc4ccccc43)(C(=O)/C1=N\O)C2(C)C. The fourth-order valence-electron chi connectivity index (χ4n) is 5.20. The van der Waals surface area contributed by atoms with E-state index < -0.39 is 16.2 Å². The van der Waals surface area contributed by atoms with Crippen LogP contribution in [0, 0.1) is 16.2 Å². The van der Waals surface area contributed by atoms with Gasteiger partial charge in [0.25, 0.3) is 0 Å². The standard InChI is InChI=1S/C19H22N2O3/c1-17(2)18(3)9-10-19(17,15(22)14(18)20-24)16(23)21-11-8-12-6-4-5-7-13(12)21/h4-7,24H,8-11H2,1-3H3/b20-14+. The van der Waals surface area contributed by atoms with Gasteiger partial charge in [0.05, 0.1) is 0 Å². The van der Waals surface area contributed by atoms with E-state index in [4.69, 9.17) is 0 Å². The van der Waals surface area contributed by atoms with Crippen molar-refractivity contribution >= 4 is 23.1 Å². The quantitative estimate of drug-likeness (QED) is 0.490. The van der Waals surface area contributed by atoms with Gasteiger partial charge in [0, 0.05) is 17.6 Å². The second kappa shape index (κ2) is 4.47. The Bertz CT molecular complexity index is 798. The first-order valence-electron chi connectivity index (χ1n) is 8.48. The van der Waals surface area contributed by atoms with Crippen LogP contribution in [0.5, 0.6) is 0 Å². The smallest absolute Gasteiger partial charge is 0.241 e. The van der Waals surface area contributed by atoms with Crippen molar-refractivity contribution in [3.8, 4) is 0 Å². The number of rotatable bonds is 1. The van der Waals surface area contributed by atoms with Gasteiger partial charge in [0.1, 0.15) is 11.1 Å². The van der Waals surface area contributed by atoms with Gasteiger partial charge in [-0.1, -0.05) is 44.1 Å². The molecular formula is C19H22N2O3. The molecule has 1 heterocycles. The molecule has 2 unspecified atom stereocenters. The van der Waals surface area contributed by atoms with E-state index in [0.29, 0.717) is 19.4 Å². The van der Waals surface area contributed by atoms with Crippen LogP contribution in [-0.4, -0.2) is 29.2 Å². The van der Waals surface area contributed by atoms with Crippen molar-refractivity contribution in [2.45, 2.75) is 40.0 Å². The average molecular weight is 326 g/mol. The Hall–Kier alpha value is -2.17. The monoisotopic (exact) mass is 326 g/mol. The van der Waals surface area contributed by atoms with Gasteiger partial charge in [0.15, 0.2) is 5.78 Å². The molecule has 2 saturated carbocycles. The first kappa shape index (κ1) is 15.4. The molecule has 2 fully saturated rings. The van der Waals surface area contributed by atoms with Crippen molar-refractivity contribution in [1.82, 2.24) is 0 Å². The predicted molar refractivity (Wildman–Crippen MR) is 90.3 cm³/mol. The summed E-state index contributed by atoms with van der Waals surface area (Å²) in [4.78, 5) is 28.5. The molecule has 0 spiro atoms. The van der Waals surface area contributed by atoms with Crippen molar-refractivity contribution in [3.63, 3.8) is 0 Å². The highest BCUT2D eigenvalue weighted by molar-refractivity contribution is 6.51. The summed E-state index contributed by atoms with van der Waals surface area (Å²) in [6.07, 6.45) is 2.02. The highest BCUT2D eigenvalue weighted by atomic mass is 16.4. The Morgan fingerprint density at radius 2 is 1.92 bits per heavy atom. The summed E-state index contributed by atoms with van der Waals surface area (Å²) < 4.78 is 0. The van der Waals surface area contributed by atoms with Crippen molar-refractivity contribution in [3.05, 3.63) is 29.8 Å². The van der Waals surface area contributed by atoms with Crippen LogP contribution in [0.1, 0.15) is 39.2 Å². The van der Waals surface area contributed by atoms with Crippen molar-refractivity contribution in [1.29, 1.82) is 0 Å². The Kier molecular flexibility index (Phi) is 2.86. The second-order valence-electron chi connectivity index (χ2n) is 7.98. The summed E-state index contributed by atoms with van der Waals surface area (Å²) in [5, 5.41) is 12.7. The van der Waals surface area contributed by atoms with Gasteiger partial charge in [0.2, 0.25) is 5.91 Å². The fourth-order valence-corrected chi connectivity index (χ4v) is 5.20. The number of oxime groups is 1. The van der Waals surface area contributed by atoms with Crippen LogP contribution in [0.25, 0.3) is 0 Å². The molecule has 24 heavy (non-hydrogen) atoms. The number of para-hydroxylation sites is 1. The Balaban J connectivity index is 1.85. The number of hydrogen-bond acceptors (Lipinski definition) is 4. The normalized spacial score (nSPS) is 34.9. The fraction of sp³-hybridized carbons (Fsp3) is 0.526. The van der Waals surface area contributed by atoms with Crippen molar-refractivity contribution in [2.75, 3.05) is 11.4 Å². The van der Waals surface area contributed by atoms with E-state index in [1.54, 1.807) is 4.90 Å². The van der Waals surface area contributed by atoms with Gasteiger partial charge < -0.3 is 10.1 Å². The highest BCUT2D eigenvalue weighted by Gasteiger charge is 2.77. The van der Waals surface area contributed by atoms with E-state index in [9.17, 15) is 14.8 Å². The maximum absolute atomic E-state index is 13.6. The van der Waals surface area contributed by atoms with E-state index in [1.165, 1.54) is 0 Å². The summed E-state index contributed by atoms with van der Waals surface area (Å²) in [6.45, 7) is 6.48. The molecule has 1 aromatic carbocycles. The lowest BCUT2D eigenvalue weighted by atomic mass is 9.64. The second-order valence-corrected chi connectivity index (χ2v) is 7.98. The van der Waals surface area contributed by atoms with Gasteiger partial charge in [-0.15, -0.1) is 0 Å². The number of carbonyl (C=O) groups is 2. The summed E-state index contributed by atoms with van der Waals surface area (Å²) in [5.74, 6) is -0.428. The number of carbonyl (C=O) groups excluding carboxylic acids is 2. The molecule has 1 amide bonds. The van der Waals surface area contributed by atoms with Crippen LogP contribution < -0.4 is 4.90 Å². The predicted octanol–water partition coefficient (Wildman–Crippen LogP) is 2.80. The minimum Gasteiger partial charge on any atom is -0.411 e. The zero-order valence-electron chi connectivity index (χ0n) is 14.3. The van der Waals surface area contributed by atoms with Gasteiger partial charge in [-0.05, 0) is 36.3 Å². The Morgan fingerprint density at radius 3 is 2.58 bits per heavy atom. The van der Waals surface area contributed by atoms with E-state index in [2.05, 4.69) is 5.16 Å². The molecule has 3 aliphatic rings. The molecule has 4 rings (SSSR count). The Morgan fingerprint density at radius 1 is 1.21 bits per heavy atom. The van der Waals surface area contributed by atoms with Crippen molar-refractivity contribution < 1.29 is 14.8 Å². The summed E-state index contributed by atoms with van der Waals surface area (Å²) in [6, 6.07) is 7.86. The maximum Gasteiger partial charge on any atom is 0.241 e. The zero-order chi connectivity index (χ0) is 17.3. The van der Waals surface area contributed by atoms with Gasteiger partial charge >= 0.3 is 0 Å². The summed E-state index contributed by atoms with van der Waals surface area (Å²) >= 11 is 0. The molecule has 0 saturated heterocycles. The third-order valence-electron chi connectivity index (χ3n) is 7.17. The molecular weight excluding hydrogens is 304 g/mol. The van der Waals surface area contributed by atoms with Crippen LogP contribution in [0.3, 0.4) is 0 Å². The third-order valence-corrected chi connectivity index (χ3v) is 7.17. The molecule has 1 N–H and O–H groups in total. The third kappa shape index (κ3) is 1.40. The number of amides is 1. The largest absolute Gasteiger partial charge is 0.411 e. The molecule has 126 valence electrons. The Labute approximate surface area is 141 Å². The molecule has 0 radical (unpaired) electrons. The van der Waals surface area contributed by atoms with E-state index >= 15 is 0 Å². The maximum atomic E-state index is 13.6. The van der Waals surface area contributed by atoms with E-state index in [1.807, 2.05) is 45.0 Å². The summed E-state index contributed by atoms with van der Waals surface area (Å²) in [7, 11) is 0. The van der Waals surface area contributed by atoms with Gasteiger partial charge in [-0.3, -0.25) is 9.59 Å². The van der Waals surface area contributed by atoms with Crippen LogP contribution >= 0.6 is 0 Å². The number of nitrogens with zero attached hydrogens (tertiary/aromatic N) is 2. The van der Waals surface area contributed by atoms with E-state index in [0.717, 1.165) is 17.7 Å². The van der Waals surface area contributed by atoms with Gasteiger partial charge in [-0.25, -0.2) is 0 Å². The molecule has 5 heteroatoms. The van der Waals surface area contributed by atoms with Crippen LogP contribution in [0.15, 0.2) is 29.4 Å². The van der Waals surface area contributed by atoms with Crippen molar-refractivity contribution in [2.24, 2.45) is 21.4 Å². The molecule has 1 aliphatic heterocycles. The highest BCUT2D eigenvalue weighted by Crippen LogP contribution is 2.70. The van der Waals surface area contributed by atoms with Crippen LogP contribution in [0.4, 0.5) is 5.69 Å². The molecule has 5 nitrogen and oxygen atoms in total. The first-order valence-corrected chi connectivity index (χ1v) is 8.48. The van der Waals surface area contributed by atoms with E-state index in [-0.39, 0.29) is 17.4 Å². The zero-order valence-corrected chi connectivity index (χ0v) is 14.3. The lowest BCUT2D eigenvalue weighted by molar-refractivity contribution is -0.141. The van der Waals surface area contributed by atoms with Crippen LogP contribution in [-0.2, 0) is 16.0 Å². The summed E-state index contributed by atoms with van der Waals surface area (Å²) in [5.41, 5.74) is -0.0488. The number of benzene rings is 1. The lowest BCUT2D eigenvalue weighted by Gasteiger charge is -2.39. The lowest BCUT2D eigenvalue weighted by Crippen LogP contribution is -2.52. The molecule has 2 aliphatic carbocycles. The number of ketones is 1. The number of hydrogen-bond donors (Lipinski definition) is 1. The topological polar surface area (TPSA) is 70.0 Å². The van der Waals surface area contributed by atoms with Crippen LogP contribution in [0.2, 0.25) is 0 Å². The van der Waals surface area contributed by atoms with Gasteiger partial charge in [-0.2, -0.15) is 0 Å². The minimum atomic E-state index is -1.12.